The smallest absolute Gasteiger partial charge is 0.266 e. The maximum atomic E-state index is 12.5. The van der Waals surface area contributed by atoms with Crippen molar-refractivity contribution in [1.29, 1.82) is 0 Å². The standard InChI is InChI=1S/C17H15N3O3S/c1-9-3-5-12(18-10(2)21)8-14(9)19-16(22)11-4-6-13-15(7-11)23-17(24)20-13/h3-8H,1-2H3,(H,18,21)(H,19,22)(H,20,24). The quantitative estimate of drug-likeness (QED) is 0.628. The number of aryl methyl sites for hydroxylation is 1. The zero-order chi connectivity index (χ0) is 17.3. The van der Waals surface area contributed by atoms with Gasteiger partial charge in [0.1, 0.15) is 0 Å². The topological polar surface area (TPSA) is 87.1 Å². The summed E-state index contributed by atoms with van der Waals surface area (Å²) in [7, 11) is 0. The van der Waals surface area contributed by atoms with Gasteiger partial charge in [-0.2, -0.15) is 0 Å². The molecular weight excluding hydrogens is 326 g/mol. The summed E-state index contributed by atoms with van der Waals surface area (Å²) in [5, 5.41) is 5.53. The maximum absolute atomic E-state index is 12.5. The van der Waals surface area contributed by atoms with Crippen LogP contribution >= 0.6 is 12.2 Å². The Bertz CT molecular complexity index is 1000. The lowest BCUT2D eigenvalue weighted by Gasteiger charge is -2.11. The second-order valence-electron chi connectivity index (χ2n) is 5.39. The van der Waals surface area contributed by atoms with Crippen LogP contribution in [0, 0.1) is 11.8 Å². The minimum absolute atomic E-state index is 0.171. The molecule has 0 spiro atoms. The molecular formula is C17H15N3O3S. The first kappa shape index (κ1) is 15.9. The number of carbonyl (C=O) groups is 2. The number of benzene rings is 2. The number of rotatable bonds is 3. The van der Waals surface area contributed by atoms with Crippen LogP contribution in [0.15, 0.2) is 40.8 Å². The normalized spacial score (nSPS) is 10.6. The van der Waals surface area contributed by atoms with E-state index in [4.69, 9.17) is 16.6 Å². The Kier molecular flexibility index (Phi) is 4.18. The van der Waals surface area contributed by atoms with Crippen molar-refractivity contribution >= 4 is 46.5 Å². The van der Waals surface area contributed by atoms with E-state index in [0.717, 1.165) is 11.1 Å². The van der Waals surface area contributed by atoms with Gasteiger partial charge < -0.3 is 20.0 Å². The van der Waals surface area contributed by atoms with Crippen molar-refractivity contribution in [2.75, 3.05) is 10.6 Å². The third-order valence-corrected chi connectivity index (χ3v) is 3.67. The van der Waals surface area contributed by atoms with Gasteiger partial charge in [0.2, 0.25) is 5.91 Å². The summed E-state index contributed by atoms with van der Waals surface area (Å²) < 4.78 is 5.33. The first-order valence-electron chi connectivity index (χ1n) is 7.25. The minimum atomic E-state index is -0.276. The third-order valence-electron chi connectivity index (χ3n) is 3.49. The Morgan fingerprint density at radius 2 is 1.92 bits per heavy atom. The summed E-state index contributed by atoms with van der Waals surface area (Å²) in [5.74, 6) is -0.447. The van der Waals surface area contributed by atoms with Crippen molar-refractivity contribution in [2.24, 2.45) is 0 Å². The van der Waals surface area contributed by atoms with Crippen LogP contribution in [0.4, 0.5) is 11.4 Å². The number of aromatic nitrogens is 1. The number of H-pyrrole nitrogens is 1. The third kappa shape index (κ3) is 3.36. The highest BCUT2D eigenvalue weighted by Gasteiger charge is 2.11. The van der Waals surface area contributed by atoms with Crippen LogP contribution in [0.5, 0.6) is 0 Å². The van der Waals surface area contributed by atoms with E-state index in [2.05, 4.69) is 15.6 Å². The Hall–Kier alpha value is -2.93. The van der Waals surface area contributed by atoms with Gasteiger partial charge in [-0.3, -0.25) is 9.59 Å². The van der Waals surface area contributed by atoms with Gasteiger partial charge in [0.05, 0.1) is 5.52 Å². The van der Waals surface area contributed by atoms with Gasteiger partial charge in [-0.1, -0.05) is 6.07 Å². The van der Waals surface area contributed by atoms with Gasteiger partial charge in [-0.15, -0.1) is 0 Å². The molecule has 0 radical (unpaired) electrons. The van der Waals surface area contributed by atoms with E-state index in [9.17, 15) is 9.59 Å². The molecule has 3 rings (SSSR count). The van der Waals surface area contributed by atoms with Crippen LogP contribution in [0.3, 0.4) is 0 Å². The molecule has 3 N–H and O–H groups in total. The first-order valence-corrected chi connectivity index (χ1v) is 7.65. The number of carbonyl (C=O) groups excluding carboxylic acids is 2. The summed E-state index contributed by atoms with van der Waals surface area (Å²) in [6.45, 7) is 3.31. The molecule has 0 aliphatic rings. The van der Waals surface area contributed by atoms with E-state index in [1.807, 2.05) is 13.0 Å². The highest BCUT2D eigenvalue weighted by molar-refractivity contribution is 7.71. The molecule has 24 heavy (non-hydrogen) atoms. The number of anilines is 2. The highest BCUT2D eigenvalue weighted by Crippen LogP contribution is 2.22. The predicted octanol–water partition coefficient (Wildman–Crippen LogP) is 4.01. The molecule has 0 bridgehead atoms. The second-order valence-corrected chi connectivity index (χ2v) is 5.76. The fourth-order valence-corrected chi connectivity index (χ4v) is 2.52. The van der Waals surface area contributed by atoms with Crippen LogP contribution in [-0.2, 0) is 4.79 Å². The van der Waals surface area contributed by atoms with E-state index >= 15 is 0 Å². The number of oxazole rings is 1. The van der Waals surface area contributed by atoms with E-state index < -0.39 is 0 Å². The molecule has 6 nitrogen and oxygen atoms in total. The highest BCUT2D eigenvalue weighted by atomic mass is 32.1. The molecule has 122 valence electrons. The Morgan fingerprint density at radius 3 is 2.67 bits per heavy atom. The average molecular weight is 341 g/mol. The van der Waals surface area contributed by atoms with Gasteiger partial charge in [0.15, 0.2) is 5.58 Å². The Morgan fingerprint density at radius 1 is 1.12 bits per heavy atom. The summed E-state index contributed by atoms with van der Waals surface area (Å²) in [6, 6.07) is 10.4. The fourth-order valence-electron chi connectivity index (χ4n) is 2.32. The number of fused-ring (bicyclic) bond motifs is 1. The SMILES string of the molecule is CC(=O)Nc1ccc(C)c(NC(=O)c2ccc3[nH]c(=S)oc3c2)c1. The number of aromatic amines is 1. The molecule has 0 saturated carbocycles. The number of hydrogen-bond acceptors (Lipinski definition) is 4. The zero-order valence-electron chi connectivity index (χ0n) is 13.1. The van der Waals surface area contributed by atoms with Crippen LogP contribution < -0.4 is 10.6 Å². The molecule has 7 heteroatoms. The van der Waals surface area contributed by atoms with Gasteiger partial charge >= 0.3 is 0 Å². The van der Waals surface area contributed by atoms with Crippen molar-refractivity contribution in [3.05, 3.63) is 52.4 Å². The van der Waals surface area contributed by atoms with Gasteiger partial charge in [0, 0.05) is 23.9 Å². The molecule has 0 saturated heterocycles. The van der Waals surface area contributed by atoms with Crippen molar-refractivity contribution in [3.63, 3.8) is 0 Å². The number of hydrogen-bond donors (Lipinski definition) is 3. The van der Waals surface area contributed by atoms with E-state index in [0.29, 0.717) is 22.5 Å². The predicted molar refractivity (Wildman–Crippen MR) is 94.8 cm³/mol. The lowest BCUT2D eigenvalue weighted by molar-refractivity contribution is -0.114. The van der Waals surface area contributed by atoms with Crippen molar-refractivity contribution in [2.45, 2.75) is 13.8 Å². The largest absolute Gasteiger partial charge is 0.429 e. The summed E-state index contributed by atoms with van der Waals surface area (Å²) >= 11 is 4.94. The lowest BCUT2D eigenvalue weighted by atomic mass is 10.1. The van der Waals surface area contributed by atoms with Crippen molar-refractivity contribution in [3.8, 4) is 0 Å². The van der Waals surface area contributed by atoms with Gasteiger partial charge in [0.25, 0.3) is 10.7 Å². The molecule has 1 heterocycles. The molecule has 0 atom stereocenters. The first-order chi connectivity index (χ1) is 11.4. The van der Waals surface area contributed by atoms with E-state index in [1.54, 1.807) is 30.3 Å². The Balaban J connectivity index is 1.87. The molecule has 2 aromatic carbocycles. The fraction of sp³-hybridized carbons (Fsp3) is 0.118. The van der Waals surface area contributed by atoms with Crippen LogP contribution in [0.2, 0.25) is 0 Å². The van der Waals surface area contributed by atoms with Crippen LogP contribution in [0.1, 0.15) is 22.8 Å². The summed E-state index contributed by atoms with van der Waals surface area (Å²) in [4.78, 5) is 26.8. The summed E-state index contributed by atoms with van der Waals surface area (Å²) in [6.07, 6.45) is 0. The van der Waals surface area contributed by atoms with Crippen LogP contribution in [-0.4, -0.2) is 16.8 Å². The Labute approximate surface area is 142 Å². The van der Waals surface area contributed by atoms with Crippen molar-refractivity contribution < 1.29 is 14.0 Å². The number of amides is 2. The second kappa shape index (κ2) is 6.29. The maximum Gasteiger partial charge on any atom is 0.266 e. The molecule has 2 amide bonds. The van der Waals surface area contributed by atoms with Gasteiger partial charge in [-0.25, -0.2) is 0 Å². The molecule has 1 aromatic heterocycles. The molecule has 3 aromatic rings. The summed E-state index contributed by atoms with van der Waals surface area (Å²) in [5.41, 5.74) is 3.84. The number of nitrogens with one attached hydrogen (secondary N) is 3. The lowest BCUT2D eigenvalue weighted by Crippen LogP contribution is -2.13. The van der Waals surface area contributed by atoms with E-state index in [1.165, 1.54) is 6.92 Å². The average Bonchev–Trinajstić information content (AvgIpc) is 2.89. The zero-order valence-corrected chi connectivity index (χ0v) is 13.9. The molecule has 0 aliphatic carbocycles. The van der Waals surface area contributed by atoms with Gasteiger partial charge in [-0.05, 0) is 55.0 Å². The minimum Gasteiger partial charge on any atom is -0.429 e. The molecule has 0 aliphatic heterocycles. The monoisotopic (exact) mass is 341 g/mol. The van der Waals surface area contributed by atoms with E-state index in [-0.39, 0.29) is 16.7 Å². The van der Waals surface area contributed by atoms with Crippen LogP contribution in [0.25, 0.3) is 11.1 Å². The molecule has 0 unspecified atom stereocenters. The van der Waals surface area contributed by atoms with Crippen molar-refractivity contribution in [1.82, 2.24) is 4.98 Å². The molecule has 0 fully saturated rings.